The smallest absolute Gasteiger partial charge is 0.329 e. The van der Waals surface area contributed by atoms with Gasteiger partial charge in [-0.05, 0) is 37.7 Å². The van der Waals surface area contributed by atoms with Crippen LogP contribution in [0.4, 0.5) is 4.79 Å². The Hall–Kier alpha value is -2.05. The minimum Gasteiger partial charge on any atom is -0.480 e. The van der Waals surface area contributed by atoms with Crippen molar-refractivity contribution in [2.45, 2.75) is 44.7 Å². The van der Waals surface area contributed by atoms with Gasteiger partial charge in [0.25, 0.3) is 0 Å². The summed E-state index contributed by atoms with van der Waals surface area (Å²) in [6.45, 7) is 2.42. The molecule has 0 radical (unpaired) electrons. The van der Waals surface area contributed by atoms with Crippen molar-refractivity contribution in [2.75, 3.05) is 0 Å². The number of rotatable bonds is 4. The van der Waals surface area contributed by atoms with Gasteiger partial charge in [0.1, 0.15) is 5.54 Å². The molecule has 1 heterocycles. The van der Waals surface area contributed by atoms with Crippen molar-refractivity contribution in [3.8, 4) is 0 Å². The van der Waals surface area contributed by atoms with Crippen LogP contribution in [0.25, 0.3) is 0 Å². The van der Waals surface area contributed by atoms with Crippen molar-refractivity contribution in [1.29, 1.82) is 0 Å². The summed E-state index contributed by atoms with van der Waals surface area (Å²) in [7, 11) is 1.79. The zero-order chi connectivity index (χ0) is 15.5. The lowest BCUT2D eigenvalue weighted by molar-refractivity contribution is -0.146. The number of carbonyl (C=O) groups is 2. The summed E-state index contributed by atoms with van der Waals surface area (Å²) in [6, 6.07) is 1.35. The standard InChI is InChI=1S/C14H22N4O3/c1-10-3-6-14(7-4-10,12(19)20)17-13(21)15-9-11-5-8-16-18(11)2/h5,8,10H,3-4,6-7,9H2,1-2H3,(H,19,20)(H2,15,17,21). The maximum atomic E-state index is 12.0. The maximum Gasteiger partial charge on any atom is 0.329 e. The Morgan fingerprint density at radius 1 is 1.48 bits per heavy atom. The molecular formula is C14H22N4O3. The average molecular weight is 294 g/mol. The van der Waals surface area contributed by atoms with Gasteiger partial charge in [-0.15, -0.1) is 0 Å². The molecule has 1 aromatic heterocycles. The largest absolute Gasteiger partial charge is 0.480 e. The number of carboxylic acids is 1. The molecule has 0 spiro atoms. The fraction of sp³-hybridized carbons (Fsp3) is 0.643. The summed E-state index contributed by atoms with van der Waals surface area (Å²) in [5.41, 5.74) is -0.282. The average Bonchev–Trinajstić information content (AvgIpc) is 2.84. The molecule has 1 saturated carbocycles. The van der Waals surface area contributed by atoms with Crippen LogP contribution in [-0.2, 0) is 18.4 Å². The van der Waals surface area contributed by atoms with Crippen LogP contribution < -0.4 is 10.6 Å². The fourth-order valence-electron chi connectivity index (χ4n) is 2.65. The quantitative estimate of drug-likeness (QED) is 0.778. The molecule has 2 rings (SSSR count). The fourth-order valence-corrected chi connectivity index (χ4v) is 2.65. The Bertz CT molecular complexity index is 518. The number of urea groups is 1. The summed E-state index contributed by atoms with van der Waals surface area (Å²) >= 11 is 0. The van der Waals surface area contributed by atoms with Gasteiger partial charge in [0.2, 0.25) is 0 Å². The number of aryl methyl sites for hydroxylation is 1. The van der Waals surface area contributed by atoms with Gasteiger partial charge in [0, 0.05) is 13.2 Å². The van der Waals surface area contributed by atoms with Crippen molar-refractivity contribution in [2.24, 2.45) is 13.0 Å². The Kier molecular flexibility index (Phi) is 4.50. The third-order valence-corrected chi connectivity index (χ3v) is 4.24. The monoisotopic (exact) mass is 294 g/mol. The van der Waals surface area contributed by atoms with Crippen LogP contribution in [0.3, 0.4) is 0 Å². The number of nitrogens with zero attached hydrogens (tertiary/aromatic N) is 2. The number of aromatic nitrogens is 2. The Morgan fingerprint density at radius 3 is 2.67 bits per heavy atom. The summed E-state index contributed by atoms with van der Waals surface area (Å²) in [4.78, 5) is 23.5. The summed E-state index contributed by atoms with van der Waals surface area (Å²) in [6.07, 6.45) is 4.23. The van der Waals surface area contributed by atoms with E-state index < -0.39 is 17.5 Å². The molecule has 0 saturated heterocycles. The molecule has 7 nitrogen and oxygen atoms in total. The molecule has 0 atom stereocenters. The molecule has 0 bridgehead atoms. The van der Waals surface area contributed by atoms with Crippen LogP contribution in [0.1, 0.15) is 38.3 Å². The van der Waals surface area contributed by atoms with Gasteiger partial charge in [-0.1, -0.05) is 6.92 Å². The number of amides is 2. The molecule has 2 amide bonds. The van der Waals surface area contributed by atoms with Gasteiger partial charge >= 0.3 is 12.0 Å². The third-order valence-electron chi connectivity index (χ3n) is 4.24. The summed E-state index contributed by atoms with van der Waals surface area (Å²) in [5, 5.41) is 18.8. The molecule has 0 unspecified atom stereocenters. The Morgan fingerprint density at radius 2 is 2.14 bits per heavy atom. The van der Waals surface area contributed by atoms with Crippen LogP contribution in [-0.4, -0.2) is 32.4 Å². The Labute approximate surface area is 123 Å². The highest BCUT2D eigenvalue weighted by Crippen LogP contribution is 2.32. The van der Waals surface area contributed by atoms with E-state index in [2.05, 4.69) is 22.7 Å². The van der Waals surface area contributed by atoms with Gasteiger partial charge in [-0.3, -0.25) is 4.68 Å². The SMILES string of the molecule is CC1CCC(NC(=O)NCc2ccnn2C)(C(=O)O)CC1. The highest BCUT2D eigenvalue weighted by molar-refractivity contribution is 5.86. The van der Waals surface area contributed by atoms with Crippen molar-refractivity contribution in [3.05, 3.63) is 18.0 Å². The van der Waals surface area contributed by atoms with E-state index in [0.717, 1.165) is 18.5 Å². The predicted molar refractivity (Wildman–Crippen MR) is 76.6 cm³/mol. The van der Waals surface area contributed by atoms with E-state index in [1.807, 2.05) is 0 Å². The van der Waals surface area contributed by atoms with Crippen molar-refractivity contribution >= 4 is 12.0 Å². The zero-order valence-corrected chi connectivity index (χ0v) is 12.4. The number of carbonyl (C=O) groups excluding carboxylic acids is 1. The van der Waals surface area contributed by atoms with Gasteiger partial charge < -0.3 is 15.7 Å². The van der Waals surface area contributed by atoms with Crippen LogP contribution >= 0.6 is 0 Å². The Balaban J connectivity index is 1.93. The minimum atomic E-state index is -1.14. The first-order valence-electron chi connectivity index (χ1n) is 7.19. The van der Waals surface area contributed by atoms with Crippen molar-refractivity contribution in [1.82, 2.24) is 20.4 Å². The van der Waals surface area contributed by atoms with E-state index in [4.69, 9.17) is 0 Å². The lowest BCUT2D eigenvalue weighted by Crippen LogP contribution is -2.58. The number of aliphatic carboxylic acids is 1. The summed E-state index contributed by atoms with van der Waals surface area (Å²) in [5.74, 6) is -0.443. The van der Waals surface area contributed by atoms with Gasteiger partial charge in [0.15, 0.2) is 0 Å². The van der Waals surface area contributed by atoms with Gasteiger partial charge in [-0.2, -0.15) is 5.10 Å². The maximum absolute atomic E-state index is 12.0. The molecule has 0 aliphatic heterocycles. The molecule has 116 valence electrons. The molecule has 0 aromatic carbocycles. The topological polar surface area (TPSA) is 96.3 Å². The molecule has 1 aliphatic rings. The van der Waals surface area contributed by atoms with E-state index in [-0.39, 0.29) is 0 Å². The summed E-state index contributed by atoms with van der Waals surface area (Å²) < 4.78 is 1.66. The zero-order valence-electron chi connectivity index (χ0n) is 12.4. The lowest BCUT2D eigenvalue weighted by atomic mass is 9.77. The molecule has 1 aliphatic carbocycles. The first-order chi connectivity index (χ1) is 9.93. The highest BCUT2D eigenvalue weighted by Gasteiger charge is 2.42. The van der Waals surface area contributed by atoms with Crippen LogP contribution in [0.5, 0.6) is 0 Å². The normalized spacial score (nSPS) is 25.3. The molecular weight excluding hydrogens is 272 g/mol. The van der Waals surface area contributed by atoms with E-state index in [0.29, 0.717) is 25.3 Å². The minimum absolute atomic E-state index is 0.314. The van der Waals surface area contributed by atoms with Crippen LogP contribution in [0.2, 0.25) is 0 Å². The molecule has 3 N–H and O–H groups in total. The van der Waals surface area contributed by atoms with Crippen molar-refractivity contribution in [3.63, 3.8) is 0 Å². The number of hydrogen-bond donors (Lipinski definition) is 3. The van der Waals surface area contributed by atoms with Crippen LogP contribution in [0, 0.1) is 5.92 Å². The first-order valence-corrected chi connectivity index (χ1v) is 7.19. The lowest BCUT2D eigenvalue weighted by Gasteiger charge is -2.36. The number of nitrogens with one attached hydrogen (secondary N) is 2. The number of hydrogen-bond acceptors (Lipinski definition) is 3. The van der Waals surface area contributed by atoms with E-state index in [9.17, 15) is 14.7 Å². The van der Waals surface area contributed by atoms with E-state index >= 15 is 0 Å². The van der Waals surface area contributed by atoms with Gasteiger partial charge in [0.05, 0.1) is 12.2 Å². The highest BCUT2D eigenvalue weighted by atomic mass is 16.4. The van der Waals surface area contributed by atoms with Crippen LogP contribution in [0.15, 0.2) is 12.3 Å². The first kappa shape index (κ1) is 15.3. The van der Waals surface area contributed by atoms with Gasteiger partial charge in [-0.25, -0.2) is 9.59 Å². The second kappa shape index (κ2) is 6.15. The second-order valence-electron chi connectivity index (χ2n) is 5.82. The molecule has 7 heteroatoms. The molecule has 21 heavy (non-hydrogen) atoms. The molecule has 1 fully saturated rings. The van der Waals surface area contributed by atoms with E-state index in [1.54, 1.807) is 24.0 Å². The van der Waals surface area contributed by atoms with Crippen molar-refractivity contribution < 1.29 is 14.7 Å². The van der Waals surface area contributed by atoms with E-state index in [1.165, 1.54) is 0 Å². The predicted octanol–water partition coefficient (Wildman–Crippen LogP) is 1.25. The third kappa shape index (κ3) is 3.53. The molecule has 1 aromatic rings. The number of carboxylic acid groups (broad SMARTS) is 1. The second-order valence-corrected chi connectivity index (χ2v) is 5.82.